The molecule has 1 N–H and O–H groups in total. The molecular formula is C26H25FN4O3. The second kappa shape index (κ2) is 8.99. The van der Waals surface area contributed by atoms with E-state index in [4.69, 9.17) is 6.42 Å². The Morgan fingerprint density at radius 3 is 2.62 bits per heavy atom. The maximum atomic E-state index is 14.5. The highest BCUT2D eigenvalue weighted by Crippen LogP contribution is 2.37. The summed E-state index contributed by atoms with van der Waals surface area (Å²) in [7, 11) is 0. The summed E-state index contributed by atoms with van der Waals surface area (Å²) in [6.45, 7) is 2.65. The van der Waals surface area contributed by atoms with E-state index in [-0.39, 0.29) is 37.1 Å². The zero-order chi connectivity index (χ0) is 23.8. The number of terminal acetylenes is 1. The van der Waals surface area contributed by atoms with Crippen molar-refractivity contribution >= 4 is 17.7 Å². The van der Waals surface area contributed by atoms with Gasteiger partial charge in [-0.25, -0.2) is 4.39 Å². The predicted octanol–water partition coefficient (Wildman–Crippen LogP) is 2.34. The van der Waals surface area contributed by atoms with Crippen molar-refractivity contribution in [3.05, 3.63) is 64.2 Å². The minimum atomic E-state index is -0.705. The van der Waals surface area contributed by atoms with Crippen molar-refractivity contribution in [2.45, 2.75) is 50.7 Å². The van der Waals surface area contributed by atoms with Gasteiger partial charge in [-0.2, -0.15) is 0 Å². The molecule has 1 unspecified atom stereocenters. The van der Waals surface area contributed by atoms with Crippen LogP contribution in [0.5, 0.6) is 0 Å². The van der Waals surface area contributed by atoms with Gasteiger partial charge in [0.2, 0.25) is 11.8 Å². The third-order valence-corrected chi connectivity index (χ3v) is 7.06. The number of benzene rings is 1. The number of imide groups is 1. The molecule has 3 aliphatic heterocycles. The zero-order valence-electron chi connectivity index (χ0n) is 18.7. The lowest BCUT2D eigenvalue weighted by molar-refractivity contribution is -0.136. The fraction of sp³-hybridized carbons (Fsp3) is 0.385. The molecule has 1 atom stereocenters. The maximum absolute atomic E-state index is 14.5. The highest BCUT2D eigenvalue weighted by atomic mass is 19.1. The van der Waals surface area contributed by atoms with E-state index in [9.17, 15) is 18.8 Å². The standard InChI is InChI=1S/C26H25FN4O3/c1-2-16-3-4-19(28-13-16)14-30-9-7-17(8-10-30)20-11-18(27)12-21-22(20)15-31(26(21)34)23-5-6-24(32)29-25(23)33/h1,3-4,11-13,17,23H,5-10,14-15H2,(H,29,32,33). The van der Waals surface area contributed by atoms with E-state index >= 15 is 0 Å². The van der Waals surface area contributed by atoms with Gasteiger partial charge in [0.15, 0.2) is 0 Å². The molecule has 0 bridgehead atoms. The predicted molar refractivity (Wildman–Crippen MR) is 122 cm³/mol. The molecule has 3 amide bonds. The number of nitrogens with one attached hydrogen (secondary N) is 1. The molecule has 8 heteroatoms. The Morgan fingerprint density at radius 1 is 1.15 bits per heavy atom. The van der Waals surface area contributed by atoms with Gasteiger partial charge in [0.1, 0.15) is 11.9 Å². The van der Waals surface area contributed by atoms with Crippen LogP contribution >= 0.6 is 0 Å². The topological polar surface area (TPSA) is 82.6 Å². The van der Waals surface area contributed by atoms with Crippen LogP contribution in [-0.4, -0.2) is 51.6 Å². The monoisotopic (exact) mass is 460 g/mol. The van der Waals surface area contributed by atoms with Crippen molar-refractivity contribution in [1.29, 1.82) is 0 Å². The third kappa shape index (κ3) is 4.19. The van der Waals surface area contributed by atoms with Crippen molar-refractivity contribution in [2.24, 2.45) is 0 Å². The molecule has 2 aromatic rings. The Kier molecular flexibility index (Phi) is 5.88. The van der Waals surface area contributed by atoms with Gasteiger partial charge in [-0.05, 0) is 73.7 Å². The maximum Gasteiger partial charge on any atom is 0.255 e. The second-order valence-electron chi connectivity index (χ2n) is 9.15. The number of hydrogen-bond acceptors (Lipinski definition) is 5. The van der Waals surface area contributed by atoms with Crippen LogP contribution in [0.3, 0.4) is 0 Å². The summed E-state index contributed by atoms with van der Waals surface area (Å²) in [5, 5.41) is 2.31. The van der Waals surface area contributed by atoms with Crippen LogP contribution in [-0.2, 0) is 22.7 Å². The third-order valence-electron chi connectivity index (χ3n) is 7.06. The van der Waals surface area contributed by atoms with Crippen LogP contribution in [0.15, 0.2) is 30.5 Å². The van der Waals surface area contributed by atoms with E-state index in [1.165, 1.54) is 11.0 Å². The van der Waals surface area contributed by atoms with Crippen molar-refractivity contribution < 1.29 is 18.8 Å². The van der Waals surface area contributed by atoms with Crippen LogP contribution in [0.1, 0.15) is 64.3 Å². The summed E-state index contributed by atoms with van der Waals surface area (Å²) in [5.74, 6) is 1.13. The van der Waals surface area contributed by atoms with Gasteiger partial charge in [0.05, 0.1) is 5.69 Å². The normalized spacial score (nSPS) is 21.4. The quantitative estimate of drug-likeness (QED) is 0.560. The summed E-state index contributed by atoms with van der Waals surface area (Å²) in [6.07, 6.45) is 9.25. The number of amides is 3. The number of halogens is 1. The number of aromatic nitrogens is 1. The minimum Gasteiger partial charge on any atom is -0.322 e. The summed E-state index contributed by atoms with van der Waals surface area (Å²) < 4.78 is 14.5. The van der Waals surface area contributed by atoms with Gasteiger partial charge in [0.25, 0.3) is 5.91 Å². The number of likely N-dealkylation sites (tertiary alicyclic amines) is 1. The molecule has 7 nitrogen and oxygen atoms in total. The minimum absolute atomic E-state index is 0.131. The van der Waals surface area contributed by atoms with Crippen molar-refractivity contribution in [2.75, 3.05) is 13.1 Å². The molecule has 0 saturated carbocycles. The van der Waals surface area contributed by atoms with Crippen LogP contribution in [0.4, 0.5) is 4.39 Å². The van der Waals surface area contributed by atoms with Crippen molar-refractivity contribution in [3.8, 4) is 12.3 Å². The van der Waals surface area contributed by atoms with E-state index in [0.29, 0.717) is 5.56 Å². The van der Waals surface area contributed by atoms with Gasteiger partial charge in [-0.1, -0.05) is 5.92 Å². The van der Waals surface area contributed by atoms with Crippen molar-refractivity contribution in [3.63, 3.8) is 0 Å². The molecule has 0 radical (unpaired) electrons. The van der Waals surface area contributed by atoms with Gasteiger partial charge in [-0.15, -0.1) is 6.42 Å². The molecule has 4 heterocycles. The Labute approximate surface area is 197 Å². The van der Waals surface area contributed by atoms with Gasteiger partial charge in [-0.3, -0.25) is 29.6 Å². The number of piperidine rings is 2. The lowest BCUT2D eigenvalue weighted by atomic mass is 9.85. The highest BCUT2D eigenvalue weighted by molar-refractivity contribution is 6.05. The number of carbonyl (C=O) groups is 3. The first-order chi connectivity index (χ1) is 16.4. The first kappa shape index (κ1) is 22.2. The van der Waals surface area contributed by atoms with Gasteiger partial charge in [0, 0.05) is 36.8 Å². The number of pyridine rings is 1. The lowest BCUT2D eigenvalue weighted by Gasteiger charge is -2.33. The Hall–Kier alpha value is -3.57. The fourth-order valence-electron chi connectivity index (χ4n) is 5.25. The average Bonchev–Trinajstić information content (AvgIpc) is 3.15. The molecule has 0 aliphatic carbocycles. The molecule has 2 fully saturated rings. The number of hydrogen-bond donors (Lipinski definition) is 1. The van der Waals surface area contributed by atoms with E-state index in [0.717, 1.165) is 54.9 Å². The fourth-order valence-corrected chi connectivity index (χ4v) is 5.25. The van der Waals surface area contributed by atoms with E-state index < -0.39 is 17.8 Å². The Balaban J connectivity index is 1.29. The summed E-state index contributed by atoms with van der Waals surface area (Å²) in [6, 6.07) is 5.93. The summed E-state index contributed by atoms with van der Waals surface area (Å²) >= 11 is 0. The summed E-state index contributed by atoms with van der Waals surface area (Å²) in [4.78, 5) is 45.1. The molecule has 1 aromatic carbocycles. The average molecular weight is 461 g/mol. The van der Waals surface area contributed by atoms with Gasteiger partial charge >= 0.3 is 0 Å². The molecule has 1 aromatic heterocycles. The number of fused-ring (bicyclic) bond motifs is 1. The Bertz CT molecular complexity index is 1200. The SMILES string of the molecule is C#Cc1ccc(CN2CCC(c3cc(F)cc4c3CN(C3CCC(=O)NC3=O)C4=O)CC2)nc1. The second-order valence-corrected chi connectivity index (χ2v) is 9.15. The number of nitrogens with zero attached hydrogens (tertiary/aromatic N) is 3. The lowest BCUT2D eigenvalue weighted by Crippen LogP contribution is -2.52. The smallest absolute Gasteiger partial charge is 0.255 e. The highest BCUT2D eigenvalue weighted by Gasteiger charge is 2.41. The summed E-state index contributed by atoms with van der Waals surface area (Å²) in [5.41, 5.74) is 3.70. The van der Waals surface area contributed by atoms with E-state index in [1.807, 2.05) is 12.1 Å². The largest absolute Gasteiger partial charge is 0.322 e. The molecule has 5 rings (SSSR count). The first-order valence-corrected chi connectivity index (χ1v) is 11.5. The Morgan fingerprint density at radius 2 is 1.94 bits per heavy atom. The molecule has 174 valence electrons. The number of carbonyl (C=O) groups excluding carboxylic acids is 3. The molecule has 34 heavy (non-hydrogen) atoms. The molecular weight excluding hydrogens is 435 g/mol. The molecule has 3 aliphatic rings. The molecule has 0 spiro atoms. The van der Waals surface area contributed by atoms with Crippen LogP contribution in [0, 0.1) is 18.2 Å². The van der Waals surface area contributed by atoms with Crippen LogP contribution < -0.4 is 5.32 Å². The van der Waals surface area contributed by atoms with Gasteiger partial charge < -0.3 is 4.90 Å². The molecule has 2 saturated heterocycles. The first-order valence-electron chi connectivity index (χ1n) is 11.5. The van der Waals surface area contributed by atoms with Crippen LogP contribution in [0.25, 0.3) is 0 Å². The number of rotatable bonds is 4. The zero-order valence-corrected chi connectivity index (χ0v) is 18.7. The van der Waals surface area contributed by atoms with Crippen LogP contribution in [0.2, 0.25) is 0 Å². The van der Waals surface area contributed by atoms with Crippen molar-refractivity contribution in [1.82, 2.24) is 20.1 Å². The van der Waals surface area contributed by atoms with E-state index in [2.05, 4.69) is 21.1 Å². The van der Waals surface area contributed by atoms with E-state index in [1.54, 1.807) is 12.3 Å².